The molecule has 1 aromatic carbocycles. The molecule has 6 aromatic rings. The summed E-state index contributed by atoms with van der Waals surface area (Å²) in [5.74, 6) is -0.0948. The van der Waals surface area contributed by atoms with Crippen molar-refractivity contribution in [2.45, 2.75) is 5.03 Å². The predicted octanol–water partition coefficient (Wildman–Crippen LogP) is 3.09. The minimum Gasteiger partial charge on any atom is -0.345 e. The number of hydrogen-bond donors (Lipinski definition) is 0. The number of aromatic nitrogens is 7. The Morgan fingerprint density at radius 3 is 2.29 bits per heavy atom. The smallest absolute Gasteiger partial charge is 0.301 e. The third-order valence-electron chi connectivity index (χ3n) is 6.26. The highest BCUT2D eigenvalue weighted by Gasteiger charge is 2.25. The Hall–Kier alpha value is -4.84. The number of aryl methyl sites for hydroxylation is 1. The molecule has 38 heavy (non-hydrogen) atoms. The molecule has 0 aliphatic rings. The molecule has 0 fully saturated rings. The first-order valence-corrected chi connectivity index (χ1v) is 13.0. The van der Waals surface area contributed by atoms with Gasteiger partial charge in [-0.25, -0.2) is 4.98 Å². The van der Waals surface area contributed by atoms with Gasteiger partial charge >= 0.3 is 10.0 Å². The van der Waals surface area contributed by atoms with E-state index >= 15 is 0 Å². The van der Waals surface area contributed by atoms with Gasteiger partial charge in [0.2, 0.25) is 0 Å². The van der Waals surface area contributed by atoms with Crippen molar-refractivity contribution in [3.05, 3.63) is 85.2 Å². The molecule has 0 aliphatic carbocycles. The Bertz CT molecular complexity index is 1950. The normalized spacial score (nSPS) is 11.9. The van der Waals surface area contributed by atoms with E-state index in [1.54, 1.807) is 68.7 Å². The van der Waals surface area contributed by atoms with Crippen LogP contribution in [0.25, 0.3) is 38.9 Å². The number of carbonyl (C=O) groups is 1. The van der Waals surface area contributed by atoms with Crippen molar-refractivity contribution >= 4 is 32.6 Å². The van der Waals surface area contributed by atoms with Crippen LogP contribution < -0.4 is 0 Å². The molecule has 0 atom stereocenters. The molecule has 0 bridgehead atoms. The van der Waals surface area contributed by atoms with Crippen molar-refractivity contribution in [1.29, 1.82) is 0 Å². The van der Waals surface area contributed by atoms with Gasteiger partial charge < -0.3 is 4.90 Å². The van der Waals surface area contributed by atoms with Crippen molar-refractivity contribution in [3.63, 3.8) is 0 Å². The molecule has 0 N–H and O–H groups in total. The van der Waals surface area contributed by atoms with E-state index in [1.165, 1.54) is 21.7 Å². The summed E-state index contributed by atoms with van der Waals surface area (Å²) in [6.07, 6.45) is 9.63. The number of pyridine rings is 2. The van der Waals surface area contributed by atoms with Crippen LogP contribution in [0.5, 0.6) is 0 Å². The lowest BCUT2D eigenvalue weighted by atomic mass is 10.1. The topological polar surface area (TPSA) is 120 Å². The SMILES string of the molecule is CN(C)C(=O)c1ccc(-c2ccc3ncc(S(=O)(=O)n4ncc5ncc(-c6cnn(C)c6)cc54)n3c2)cc1. The van der Waals surface area contributed by atoms with Gasteiger partial charge in [-0.1, -0.05) is 12.1 Å². The molecule has 1 amide bonds. The summed E-state index contributed by atoms with van der Waals surface area (Å²) >= 11 is 0. The third kappa shape index (κ3) is 3.82. The summed E-state index contributed by atoms with van der Waals surface area (Å²) in [5, 5.41) is 8.30. The van der Waals surface area contributed by atoms with E-state index in [2.05, 4.69) is 20.2 Å². The summed E-state index contributed by atoms with van der Waals surface area (Å²) in [5.41, 5.74) is 4.95. The zero-order valence-corrected chi connectivity index (χ0v) is 21.5. The van der Waals surface area contributed by atoms with Crippen LogP contribution in [0, 0.1) is 0 Å². The molecule has 0 spiro atoms. The average Bonchev–Trinajstić information content (AvgIpc) is 3.65. The van der Waals surface area contributed by atoms with E-state index in [1.807, 2.05) is 24.4 Å². The quantitative estimate of drug-likeness (QED) is 0.339. The lowest BCUT2D eigenvalue weighted by molar-refractivity contribution is 0.0827. The molecule has 0 saturated carbocycles. The van der Waals surface area contributed by atoms with Gasteiger partial charge in [0.05, 0.1) is 18.6 Å². The first-order chi connectivity index (χ1) is 18.2. The Morgan fingerprint density at radius 1 is 0.816 bits per heavy atom. The van der Waals surface area contributed by atoms with Gasteiger partial charge in [-0.15, -0.1) is 0 Å². The summed E-state index contributed by atoms with van der Waals surface area (Å²) in [4.78, 5) is 22.4. The summed E-state index contributed by atoms with van der Waals surface area (Å²) < 4.78 is 31.8. The fourth-order valence-corrected chi connectivity index (χ4v) is 5.61. The lowest BCUT2D eigenvalue weighted by Gasteiger charge is -2.11. The van der Waals surface area contributed by atoms with Crippen LogP contribution in [-0.4, -0.2) is 66.7 Å². The third-order valence-corrected chi connectivity index (χ3v) is 7.84. The molecule has 0 aliphatic heterocycles. The van der Waals surface area contributed by atoms with E-state index < -0.39 is 10.0 Å². The number of nitrogens with zero attached hydrogens (tertiary/aromatic N) is 8. The Morgan fingerprint density at radius 2 is 1.58 bits per heavy atom. The first-order valence-electron chi connectivity index (χ1n) is 11.6. The minimum atomic E-state index is -4.13. The second-order valence-corrected chi connectivity index (χ2v) is 10.8. The molecule has 5 aromatic heterocycles. The zero-order chi connectivity index (χ0) is 26.6. The molecule has 6 rings (SSSR count). The average molecular weight is 527 g/mol. The van der Waals surface area contributed by atoms with Gasteiger partial charge in [0.25, 0.3) is 5.91 Å². The van der Waals surface area contributed by atoms with Crippen LogP contribution in [0.4, 0.5) is 0 Å². The van der Waals surface area contributed by atoms with Gasteiger partial charge in [-0.3, -0.25) is 18.9 Å². The molecule has 190 valence electrons. The van der Waals surface area contributed by atoms with Crippen LogP contribution >= 0.6 is 0 Å². The van der Waals surface area contributed by atoms with Gasteiger partial charge in [0.1, 0.15) is 16.7 Å². The molecular weight excluding hydrogens is 504 g/mol. The maximum Gasteiger partial charge on any atom is 0.301 e. The summed E-state index contributed by atoms with van der Waals surface area (Å²) in [6.45, 7) is 0. The Labute approximate surface area is 217 Å². The van der Waals surface area contributed by atoms with Crippen molar-refractivity contribution in [2.75, 3.05) is 14.1 Å². The van der Waals surface area contributed by atoms with Crippen molar-refractivity contribution in [3.8, 4) is 22.3 Å². The highest BCUT2D eigenvalue weighted by atomic mass is 32.2. The number of fused-ring (bicyclic) bond motifs is 2. The van der Waals surface area contributed by atoms with E-state index in [0.29, 0.717) is 22.2 Å². The maximum absolute atomic E-state index is 13.8. The van der Waals surface area contributed by atoms with E-state index in [9.17, 15) is 13.2 Å². The number of rotatable bonds is 5. The standard InChI is InChI=1S/C26H22N8O3S/c1-31(2)26(35)18-6-4-17(5-7-18)19-8-9-24-28-14-25(33(24)16-19)38(36,37)34-23-10-20(11-27-22(23)13-30-34)21-12-29-32(3)15-21/h4-16H,1-3H3. The predicted molar refractivity (Wildman–Crippen MR) is 141 cm³/mol. The number of imidazole rings is 1. The zero-order valence-electron chi connectivity index (χ0n) is 20.7. The van der Waals surface area contributed by atoms with Gasteiger partial charge in [-0.05, 0) is 41.5 Å². The van der Waals surface area contributed by atoms with Crippen LogP contribution in [0.2, 0.25) is 0 Å². The molecule has 5 heterocycles. The molecule has 11 nitrogen and oxygen atoms in total. The fourth-order valence-electron chi connectivity index (χ4n) is 4.28. The number of amides is 1. The van der Waals surface area contributed by atoms with Gasteiger partial charge in [0, 0.05) is 56.4 Å². The molecular formula is C26H22N8O3S. The molecule has 12 heteroatoms. The molecule has 0 unspecified atom stereocenters. The highest BCUT2D eigenvalue weighted by molar-refractivity contribution is 7.90. The van der Waals surface area contributed by atoms with Crippen LogP contribution in [0.15, 0.2) is 84.7 Å². The van der Waals surface area contributed by atoms with Crippen molar-refractivity contribution in [2.24, 2.45) is 7.05 Å². The van der Waals surface area contributed by atoms with E-state index in [4.69, 9.17) is 0 Å². The van der Waals surface area contributed by atoms with Crippen molar-refractivity contribution < 1.29 is 13.2 Å². The second-order valence-electron chi connectivity index (χ2n) is 9.04. The number of carbonyl (C=O) groups excluding carboxylic acids is 1. The second kappa shape index (κ2) is 8.63. The largest absolute Gasteiger partial charge is 0.345 e. The molecule has 0 radical (unpaired) electrons. The fraction of sp³-hybridized carbons (Fsp3) is 0.115. The minimum absolute atomic E-state index is 0.0365. The van der Waals surface area contributed by atoms with Gasteiger partial charge in [-0.2, -0.15) is 22.7 Å². The Kier molecular flexibility index (Phi) is 5.35. The maximum atomic E-state index is 13.8. The van der Waals surface area contributed by atoms with Gasteiger partial charge in [0.15, 0.2) is 5.03 Å². The van der Waals surface area contributed by atoms with E-state index in [-0.39, 0.29) is 10.9 Å². The summed E-state index contributed by atoms with van der Waals surface area (Å²) in [7, 11) is 1.07. The lowest BCUT2D eigenvalue weighted by Crippen LogP contribution is -2.21. The van der Waals surface area contributed by atoms with E-state index in [0.717, 1.165) is 26.3 Å². The van der Waals surface area contributed by atoms with Crippen LogP contribution in [-0.2, 0) is 17.1 Å². The monoisotopic (exact) mass is 526 g/mol. The number of hydrogen-bond acceptors (Lipinski definition) is 7. The van der Waals surface area contributed by atoms with Crippen molar-refractivity contribution in [1.82, 2.24) is 38.2 Å². The Balaban J connectivity index is 1.43. The van der Waals surface area contributed by atoms with Crippen LogP contribution in [0.1, 0.15) is 10.4 Å². The molecule has 0 saturated heterocycles. The summed E-state index contributed by atoms with van der Waals surface area (Å²) in [6, 6.07) is 12.5. The number of benzene rings is 1. The first kappa shape index (κ1) is 23.6. The van der Waals surface area contributed by atoms with Crippen LogP contribution in [0.3, 0.4) is 0 Å². The highest BCUT2D eigenvalue weighted by Crippen LogP contribution is 2.27.